The van der Waals surface area contributed by atoms with Gasteiger partial charge in [-0.05, 0) is 18.2 Å². The van der Waals surface area contributed by atoms with E-state index in [4.69, 9.17) is 16.3 Å². The van der Waals surface area contributed by atoms with Crippen molar-refractivity contribution in [2.75, 3.05) is 0 Å². The van der Waals surface area contributed by atoms with E-state index in [1.54, 1.807) is 12.1 Å². The third-order valence-electron chi connectivity index (χ3n) is 2.40. The molecule has 2 aromatic carbocycles. The number of aldehydes is 1. The number of nitrogens with zero attached hydrogens (tertiary/aromatic N) is 1. The maximum absolute atomic E-state index is 10.9. The van der Waals surface area contributed by atoms with Crippen molar-refractivity contribution < 1.29 is 14.5 Å². The van der Waals surface area contributed by atoms with Gasteiger partial charge in [-0.3, -0.25) is 14.9 Å². The number of benzene rings is 2. The van der Waals surface area contributed by atoms with Crippen molar-refractivity contribution in [1.82, 2.24) is 0 Å². The largest absolute Gasteiger partial charge is 0.456 e. The third-order valence-corrected chi connectivity index (χ3v) is 3.09. The molecular weight excluding hydrogens is 350 g/mol. The minimum atomic E-state index is -0.532. The van der Waals surface area contributed by atoms with E-state index in [2.05, 4.69) is 15.9 Å². The number of ether oxygens (including phenoxy) is 1. The lowest BCUT2D eigenvalue weighted by Gasteiger charge is -2.08. The van der Waals surface area contributed by atoms with Gasteiger partial charge in [-0.15, -0.1) is 0 Å². The first-order valence-corrected chi connectivity index (χ1v) is 6.54. The molecule has 0 atom stereocenters. The smallest absolute Gasteiger partial charge is 0.274 e. The average Bonchev–Trinajstić information content (AvgIpc) is 2.38. The predicted octanol–water partition coefficient (Wildman–Crippen LogP) is 4.62. The molecule has 7 heteroatoms. The summed E-state index contributed by atoms with van der Waals surface area (Å²) in [4.78, 5) is 21.2. The molecule has 2 aromatic rings. The Morgan fingerprint density at radius 3 is 2.65 bits per heavy atom. The molecule has 0 N–H and O–H groups in total. The van der Waals surface area contributed by atoms with Crippen LogP contribution in [-0.2, 0) is 0 Å². The summed E-state index contributed by atoms with van der Waals surface area (Å²) in [5, 5.41) is 11.2. The monoisotopic (exact) mass is 355 g/mol. The average molecular weight is 357 g/mol. The Balaban J connectivity index is 2.41. The third kappa shape index (κ3) is 3.34. The van der Waals surface area contributed by atoms with Gasteiger partial charge in [-0.2, -0.15) is 0 Å². The van der Waals surface area contributed by atoms with Crippen LogP contribution in [0, 0.1) is 10.1 Å². The van der Waals surface area contributed by atoms with Gasteiger partial charge in [-0.25, -0.2) is 0 Å². The van der Waals surface area contributed by atoms with Crippen LogP contribution >= 0.6 is 27.5 Å². The van der Waals surface area contributed by atoms with Crippen molar-refractivity contribution in [3.05, 3.63) is 61.6 Å². The second-order valence-corrected chi connectivity index (χ2v) is 5.16. The molecule has 0 heterocycles. The Morgan fingerprint density at radius 1 is 1.25 bits per heavy atom. The minimum absolute atomic E-state index is 0.121. The summed E-state index contributed by atoms with van der Waals surface area (Å²) in [7, 11) is 0. The fourth-order valence-electron chi connectivity index (χ4n) is 1.53. The van der Waals surface area contributed by atoms with Crippen LogP contribution in [0.5, 0.6) is 11.5 Å². The SMILES string of the molecule is O=Cc1ccc(Cl)cc1Oc1cc(Br)cc([N+](=O)[O-])c1. The fourth-order valence-corrected chi connectivity index (χ4v) is 2.16. The Morgan fingerprint density at radius 2 is 2.00 bits per heavy atom. The van der Waals surface area contributed by atoms with Gasteiger partial charge in [0.25, 0.3) is 5.69 Å². The van der Waals surface area contributed by atoms with E-state index in [0.29, 0.717) is 21.3 Å². The zero-order valence-electron chi connectivity index (χ0n) is 9.88. The highest BCUT2D eigenvalue weighted by Gasteiger charge is 2.12. The van der Waals surface area contributed by atoms with Crippen LogP contribution < -0.4 is 4.74 Å². The Kier molecular flexibility index (Phi) is 4.36. The van der Waals surface area contributed by atoms with Crippen LogP contribution in [0.2, 0.25) is 5.02 Å². The molecular formula is C13H7BrClNO4. The molecule has 0 aliphatic rings. The van der Waals surface area contributed by atoms with Gasteiger partial charge in [0.1, 0.15) is 11.5 Å². The van der Waals surface area contributed by atoms with Crippen LogP contribution in [-0.4, -0.2) is 11.2 Å². The minimum Gasteiger partial charge on any atom is -0.456 e. The molecule has 0 amide bonds. The van der Waals surface area contributed by atoms with Crippen LogP contribution in [0.15, 0.2) is 40.9 Å². The summed E-state index contributed by atoms with van der Waals surface area (Å²) < 4.78 is 6.00. The lowest BCUT2D eigenvalue weighted by molar-refractivity contribution is -0.385. The summed E-state index contributed by atoms with van der Waals surface area (Å²) in [6.07, 6.45) is 0.623. The molecule has 0 radical (unpaired) electrons. The zero-order valence-corrected chi connectivity index (χ0v) is 12.2. The molecule has 0 aliphatic carbocycles. The fraction of sp³-hybridized carbons (Fsp3) is 0. The van der Waals surface area contributed by atoms with Crippen molar-refractivity contribution in [2.45, 2.75) is 0 Å². The topological polar surface area (TPSA) is 69.4 Å². The standard InChI is InChI=1S/C13H7BrClNO4/c14-9-3-11(16(18)19)6-12(4-9)20-13-5-10(15)2-1-8(13)7-17/h1-7H. The van der Waals surface area contributed by atoms with Gasteiger partial charge in [0, 0.05) is 21.6 Å². The number of carbonyl (C=O) groups excluding carboxylic acids is 1. The van der Waals surface area contributed by atoms with E-state index in [0.717, 1.165) is 0 Å². The van der Waals surface area contributed by atoms with Gasteiger partial charge < -0.3 is 4.74 Å². The number of nitro groups is 1. The van der Waals surface area contributed by atoms with Gasteiger partial charge in [0.2, 0.25) is 0 Å². The second kappa shape index (κ2) is 6.02. The summed E-state index contributed by atoms with van der Waals surface area (Å²) in [6.45, 7) is 0. The molecule has 102 valence electrons. The number of hydrogen-bond donors (Lipinski definition) is 0. The zero-order chi connectivity index (χ0) is 14.7. The number of carbonyl (C=O) groups is 1. The van der Waals surface area contributed by atoms with Gasteiger partial charge >= 0.3 is 0 Å². The van der Waals surface area contributed by atoms with Crippen molar-refractivity contribution >= 4 is 39.5 Å². The van der Waals surface area contributed by atoms with Crippen molar-refractivity contribution in [2.24, 2.45) is 0 Å². The molecule has 20 heavy (non-hydrogen) atoms. The lowest BCUT2D eigenvalue weighted by atomic mass is 10.2. The van der Waals surface area contributed by atoms with E-state index in [-0.39, 0.29) is 17.2 Å². The molecule has 0 aromatic heterocycles. The van der Waals surface area contributed by atoms with E-state index in [9.17, 15) is 14.9 Å². The number of halogens is 2. The van der Waals surface area contributed by atoms with Gasteiger partial charge in [-0.1, -0.05) is 27.5 Å². The normalized spacial score (nSPS) is 10.1. The van der Waals surface area contributed by atoms with Gasteiger partial charge in [0.15, 0.2) is 6.29 Å². The predicted molar refractivity (Wildman–Crippen MR) is 77.7 cm³/mol. The highest BCUT2D eigenvalue weighted by molar-refractivity contribution is 9.10. The molecule has 0 aliphatic heterocycles. The van der Waals surface area contributed by atoms with Crippen molar-refractivity contribution in [3.63, 3.8) is 0 Å². The van der Waals surface area contributed by atoms with E-state index < -0.39 is 4.92 Å². The number of nitro benzene ring substituents is 1. The molecule has 0 spiro atoms. The quantitative estimate of drug-likeness (QED) is 0.455. The summed E-state index contributed by atoms with van der Waals surface area (Å²) in [6, 6.07) is 8.71. The Labute approximate surface area is 127 Å². The van der Waals surface area contributed by atoms with Crippen molar-refractivity contribution in [3.8, 4) is 11.5 Å². The highest BCUT2D eigenvalue weighted by Crippen LogP contribution is 2.32. The first kappa shape index (κ1) is 14.5. The molecule has 0 saturated carbocycles. The van der Waals surface area contributed by atoms with Crippen LogP contribution in [0.25, 0.3) is 0 Å². The second-order valence-electron chi connectivity index (χ2n) is 3.80. The van der Waals surface area contributed by atoms with Gasteiger partial charge in [0.05, 0.1) is 16.6 Å². The molecule has 5 nitrogen and oxygen atoms in total. The summed E-state index contributed by atoms with van der Waals surface area (Å²) >= 11 is 9.00. The number of non-ortho nitro benzene ring substituents is 1. The van der Waals surface area contributed by atoms with E-state index in [1.165, 1.54) is 24.3 Å². The van der Waals surface area contributed by atoms with Crippen molar-refractivity contribution in [1.29, 1.82) is 0 Å². The van der Waals surface area contributed by atoms with E-state index in [1.807, 2.05) is 0 Å². The number of rotatable bonds is 4. The lowest BCUT2D eigenvalue weighted by Crippen LogP contribution is -1.93. The first-order valence-electron chi connectivity index (χ1n) is 5.37. The first-order chi connectivity index (χ1) is 9.49. The number of hydrogen-bond acceptors (Lipinski definition) is 4. The molecule has 0 unspecified atom stereocenters. The molecule has 2 rings (SSSR count). The van der Waals surface area contributed by atoms with E-state index >= 15 is 0 Å². The Bertz CT molecular complexity index is 690. The molecule has 0 fully saturated rings. The summed E-state index contributed by atoms with van der Waals surface area (Å²) in [5.74, 6) is 0.469. The Hall–Kier alpha value is -1.92. The molecule has 0 bridgehead atoms. The molecule has 0 saturated heterocycles. The van der Waals surface area contributed by atoms with Crippen LogP contribution in [0.4, 0.5) is 5.69 Å². The van der Waals surface area contributed by atoms with Crippen LogP contribution in [0.3, 0.4) is 0 Å². The summed E-state index contributed by atoms with van der Waals surface area (Å²) in [5.41, 5.74) is 0.182. The maximum atomic E-state index is 10.9. The maximum Gasteiger partial charge on any atom is 0.274 e. The van der Waals surface area contributed by atoms with Crippen LogP contribution in [0.1, 0.15) is 10.4 Å². The highest BCUT2D eigenvalue weighted by atomic mass is 79.9.